The van der Waals surface area contributed by atoms with Crippen molar-refractivity contribution in [3.05, 3.63) is 76.4 Å². The van der Waals surface area contributed by atoms with Crippen LogP contribution in [-0.2, 0) is 11.3 Å². The number of carbonyl (C=O) groups is 1. The van der Waals surface area contributed by atoms with Gasteiger partial charge >= 0.3 is 0 Å². The lowest BCUT2D eigenvalue weighted by molar-refractivity contribution is 0.102. The lowest BCUT2D eigenvalue weighted by Crippen LogP contribution is -2.19. The standard InChI is InChI=1S/C19H15Cl2N3O3S/c1-24(28(26)27)13-6-7-14(17(21)11-13)19(25)23-12-5-8-16(20)15(10-12)18-4-2-3-9-22-18/h2-11H,1H3,(H,23,25)(H,26,27). The maximum absolute atomic E-state index is 12.6. The van der Waals surface area contributed by atoms with E-state index < -0.39 is 17.2 Å². The molecule has 1 heterocycles. The molecule has 6 nitrogen and oxygen atoms in total. The first-order chi connectivity index (χ1) is 13.4. The minimum Gasteiger partial charge on any atom is -0.322 e. The van der Waals surface area contributed by atoms with Gasteiger partial charge in [-0.05, 0) is 48.5 Å². The van der Waals surface area contributed by atoms with Gasteiger partial charge in [-0.3, -0.25) is 18.6 Å². The van der Waals surface area contributed by atoms with E-state index in [1.54, 1.807) is 30.5 Å². The highest BCUT2D eigenvalue weighted by molar-refractivity contribution is 7.80. The summed E-state index contributed by atoms with van der Waals surface area (Å²) < 4.78 is 21.4. The van der Waals surface area contributed by atoms with E-state index in [0.717, 1.165) is 4.31 Å². The summed E-state index contributed by atoms with van der Waals surface area (Å²) >= 11 is 10.3. The Balaban J connectivity index is 1.85. The van der Waals surface area contributed by atoms with Crippen LogP contribution in [0.25, 0.3) is 11.3 Å². The van der Waals surface area contributed by atoms with Crippen LogP contribution in [0, 0.1) is 0 Å². The van der Waals surface area contributed by atoms with Gasteiger partial charge in [-0.25, -0.2) is 4.21 Å². The molecule has 1 atom stereocenters. The van der Waals surface area contributed by atoms with E-state index in [-0.39, 0.29) is 10.6 Å². The minimum absolute atomic E-state index is 0.159. The zero-order valence-corrected chi connectivity index (χ0v) is 16.9. The van der Waals surface area contributed by atoms with Gasteiger partial charge in [0.2, 0.25) is 0 Å². The number of hydrogen-bond donors (Lipinski definition) is 2. The van der Waals surface area contributed by atoms with Crippen LogP contribution < -0.4 is 9.62 Å². The average molecular weight is 436 g/mol. The Morgan fingerprint density at radius 1 is 1.11 bits per heavy atom. The number of aromatic nitrogens is 1. The average Bonchev–Trinajstić information content (AvgIpc) is 2.69. The second-order valence-electron chi connectivity index (χ2n) is 5.76. The summed E-state index contributed by atoms with van der Waals surface area (Å²) in [7, 11) is 1.44. The second-order valence-corrected chi connectivity index (χ2v) is 7.58. The van der Waals surface area contributed by atoms with Crippen LogP contribution in [0.2, 0.25) is 10.0 Å². The Labute approximate surface area is 174 Å². The first-order valence-electron chi connectivity index (χ1n) is 8.03. The highest BCUT2D eigenvalue weighted by atomic mass is 35.5. The molecule has 9 heteroatoms. The fourth-order valence-electron chi connectivity index (χ4n) is 2.49. The van der Waals surface area contributed by atoms with Gasteiger partial charge < -0.3 is 5.32 Å². The number of rotatable bonds is 5. The summed E-state index contributed by atoms with van der Waals surface area (Å²) in [6.45, 7) is 0. The van der Waals surface area contributed by atoms with Crippen LogP contribution in [-0.4, -0.2) is 26.7 Å². The van der Waals surface area contributed by atoms with Crippen molar-refractivity contribution in [3.8, 4) is 11.3 Å². The fourth-order valence-corrected chi connectivity index (χ4v) is 3.26. The van der Waals surface area contributed by atoms with Crippen LogP contribution in [0.4, 0.5) is 11.4 Å². The van der Waals surface area contributed by atoms with Crippen LogP contribution in [0.5, 0.6) is 0 Å². The van der Waals surface area contributed by atoms with E-state index in [9.17, 15) is 9.00 Å². The molecule has 144 valence electrons. The van der Waals surface area contributed by atoms with Crippen molar-refractivity contribution in [3.63, 3.8) is 0 Å². The molecule has 0 saturated carbocycles. The van der Waals surface area contributed by atoms with Gasteiger partial charge in [0.15, 0.2) is 0 Å². The predicted octanol–water partition coefficient (Wildman–Crippen LogP) is 4.88. The zero-order chi connectivity index (χ0) is 20.3. The number of pyridine rings is 1. The summed E-state index contributed by atoms with van der Waals surface area (Å²) in [5, 5.41) is 3.45. The van der Waals surface area contributed by atoms with Crippen molar-refractivity contribution in [2.24, 2.45) is 0 Å². The molecule has 0 saturated heterocycles. The summed E-state index contributed by atoms with van der Waals surface area (Å²) in [5.41, 5.74) is 2.55. The van der Waals surface area contributed by atoms with Crippen molar-refractivity contribution in [2.75, 3.05) is 16.7 Å². The third-order valence-electron chi connectivity index (χ3n) is 3.96. The normalized spacial score (nSPS) is 11.7. The Morgan fingerprint density at radius 2 is 1.89 bits per heavy atom. The zero-order valence-electron chi connectivity index (χ0n) is 14.6. The maximum atomic E-state index is 12.6. The minimum atomic E-state index is -2.19. The van der Waals surface area contributed by atoms with Crippen molar-refractivity contribution < 1.29 is 13.6 Å². The quantitative estimate of drug-likeness (QED) is 0.559. The lowest BCUT2D eigenvalue weighted by Gasteiger charge is -2.15. The molecule has 0 bridgehead atoms. The van der Waals surface area contributed by atoms with Gasteiger partial charge in [0.25, 0.3) is 17.2 Å². The molecule has 0 spiro atoms. The molecule has 2 aromatic carbocycles. The van der Waals surface area contributed by atoms with Crippen molar-refractivity contribution in [1.29, 1.82) is 0 Å². The molecule has 1 unspecified atom stereocenters. The third-order valence-corrected chi connectivity index (χ3v) is 5.28. The SMILES string of the molecule is CN(c1ccc(C(=O)Nc2ccc(Cl)c(-c3ccccn3)c2)c(Cl)c1)S(=O)O. The Hall–Kier alpha value is -2.45. The number of carbonyl (C=O) groups excluding carboxylic acids is 1. The van der Waals surface area contributed by atoms with Gasteiger partial charge in [0, 0.05) is 24.5 Å². The molecule has 0 aliphatic carbocycles. The number of benzene rings is 2. The number of amides is 1. The van der Waals surface area contributed by atoms with E-state index in [1.165, 1.54) is 25.2 Å². The molecule has 0 fully saturated rings. The molecule has 2 N–H and O–H groups in total. The van der Waals surface area contributed by atoms with Crippen LogP contribution in [0.15, 0.2) is 60.8 Å². The summed E-state index contributed by atoms with van der Waals surface area (Å²) in [4.78, 5) is 16.9. The van der Waals surface area contributed by atoms with Gasteiger partial charge in [-0.1, -0.05) is 29.3 Å². The van der Waals surface area contributed by atoms with E-state index in [2.05, 4.69) is 10.3 Å². The van der Waals surface area contributed by atoms with Crippen molar-refractivity contribution in [2.45, 2.75) is 0 Å². The van der Waals surface area contributed by atoms with Gasteiger partial charge in [0.05, 0.1) is 27.0 Å². The lowest BCUT2D eigenvalue weighted by atomic mass is 10.1. The molecular weight excluding hydrogens is 421 g/mol. The summed E-state index contributed by atoms with van der Waals surface area (Å²) in [5.74, 6) is -0.418. The molecule has 28 heavy (non-hydrogen) atoms. The Morgan fingerprint density at radius 3 is 2.54 bits per heavy atom. The molecule has 3 aromatic rings. The van der Waals surface area contributed by atoms with Gasteiger partial charge in [-0.2, -0.15) is 0 Å². The monoisotopic (exact) mass is 435 g/mol. The number of halogens is 2. The maximum Gasteiger partial charge on any atom is 0.261 e. The number of anilines is 2. The Bertz CT molecular complexity index is 1050. The van der Waals surface area contributed by atoms with Crippen molar-refractivity contribution >= 4 is 51.8 Å². The van der Waals surface area contributed by atoms with Crippen LogP contribution >= 0.6 is 23.2 Å². The predicted molar refractivity (Wildman–Crippen MR) is 113 cm³/mol. The number of hydrogen-bond acceptors (Lipinski definition) is 3. The second kappa shape index (κ2) is 8.70. The summed E-state index contributed by atoms with van der Waals surface area (Å²) in [6.07, 6.45) is 1.66. The smallest absolute Gasteiger partial charge is 0.261 e. The van der Waals surface area contributed by atoms with E-state index in [0.29, 0.717) is 27.7 Å². The Kier molecular flexibility index (Phi) is 6.31. The first kappa shape index (κ1) is 20.3. The van der Waals surface area contributed by atoms with Gasteiger partial charge in [0.1, 0.15) is 0 Å². The molecule has 1 aromatic heterocycles. The highest BCUT2D eigenvalue weighted by Crippen LogP contribution is 2.30. The van der Waals surface area contributed by atoms with E-state index in [1.807, 2.05) is 12.1 Å². The van der Waals surface area contributed by atoms with Crippen LogP contribution in [0.3, 0.4) is 0 Å². The molecule has 3 rings (SSSR count). The van der Waals surface area contributed by atoms with Crippen LogP contribution in [0.1, 0.15) is 10.4 Å². The van der Waals surface area contributed by atoms with E-state index in [4.69, 9.17) is 27.8 Å². The molecular formula is C19H15Cl2N3O3S. The third kappa shape index (κ3) is 4.51. The first-order valence-corrected chi connectivity index (χ1v) is 9.85. The molecule has 0 aliphatic heterocycles. The fraction of sp³-hybridized carbons (Fsp3) is 0.0526. The largest absolute Gasteiger partial charge is 0.322 e. The molecule has 1 amide bonds. The molecule has 0 radical (unpaired) electrons. The van der Waals surface area contributed by atoms with E-state index >= 15 is 0 Å². The number of nitrogens with one attached hydrogen (secondary N) is 1. The molecule has 0 aliphatic rings. The topological polar surface area (TPSA) is 82.5 Å². The van der Waals surface area contributed by atoms with Gasteiger partial charge in [-0.15, -0.1) is 0 Å². The summed E-state index contributed by atoms with van der Waals surface area (Å²) in [6, 6.07) is 15.0. The highest BCUT2D eigenvalue weighted by Gasteiger charge is 2.15. The number of nitrogens with zero attached hydrogens (tertiary/aromatic N) is 2. The van der Waals surface area contributed by atoms with Crippen molar-refractivity contribution in [1.82, 2.24) is 4.98 Å².